The van der Waals surface area contributed by atoms with E-state index in [9.17, 15) is 4.79 Å². The van der Waals surface area contributed by atoms with Crippen LogP contribution in [0.4, 0.5) is 0 Å². The van der Waals surface area contributed by atoms with Crippen molar-refractivity contribution in [2.24, 2.45) is 23.2 Å². The molecule has 0 radical (unpaired) electrons. The third kappa shape index (κ3) is 2.12. The summed E-state index contributed by atoms with van der Waals surface area (Å²) in [6, 6.07) is 0. The molecule has 0 aromatic heterocycles. The van der Waals surface area contributed by atoms with Crippen molar-refractivity contribution >= 4 is 5.78 Å². The molecule has 1 heteroatoms. The molecule has 0 bridgehead atoms. The molecule has 1 nitrogen and oxygen atoms in total. The zero-order valence-corrected chi connectivity index (χ0v) is 9.55. The van der Waals surface area contributed by atoms with Gasteiger partial charge in [-0.15, -0.1) is 0 Å². The Kier molecular flexibility index (Phi) is 2.84. The van der Waals surface area contributed by atoms with E-state index in [2.05, 4.69) is 34.6 Å². The summed E-state index contributed by atoms with van der Waals surface area (Å²) < 4.78 is 0. The quantitative estimate of drug-likeness (QED) is 0.608. The van der Waals surface area contributed by atoms with Crippen molar-refractivity contribution in [2.45, 2.75) is 47.5 Å². The average Bonchev–Trinajstić information content (AvgIpc) is 2.28. The van der Waals surface area contributed by atoms with Crippen molar-refractivity contribution in [3.63, 3.8) is 0 Å². The first-order chi connectivity index (χ1) is 5.84. The van der Waals surface area contributed by atoms with Crippen LogP contribution < -0.4 is 0 Å². The van der Waals surface area contributed by atoms with Crippen LogP contribution >= 0.6 is 0 Å². The molecule has 1 fully saturated rings. The summed E-state index contributed by atoms with van der Waals surface area (Å²) in [5.74, 6) is 1.93. The van der Waals surface area contributed by atoms with Gasteiger partial charge in [-0.3, -0.25) is 4.79 Å². The Labute approximate surface area is 81.9 Å². The fraction of sp³-hybridized carbons (Fsp3) is 0.917. The van der Waals surface area contributed by atoms with Crippen LogP contribution in [0.15, 0.2) is 0 Å². The number of carbonyl (C=O) groups excluding carboxylic acids is 1. The second kappa shape index (κ2) is 3.43. The Morgan fingerprint density at radius 2 is 1.85 bits per heavy atom. The van der Waals surface area contributed by atoms with Gasteiger partial charge in [-0.2, -0.15) is 0 Å². The Morgan fingerprint density at radius 3 is 2.15 bits per heavy atom. The molecular formula is C12H22O. The molecule has 0 N–H and O–H groups in total. The summed E-state index contributed by atoms with van der Waals surface area (Å²) in [7, 11) is 0. The van der Waals surface area contributed by atoms with Gasteiger partial charge in [0.25, 0.3) is 0 Å². The van der Waals surface area contributed by atoms with E-state index in [-0.39, 0.29) is 0 Å². The van der Waals surface area contributed by atoms with Gasteiger partial charge in [-0.1, -0.05) is 34.6 Å². The maximum Gasteiger partial charge on any atom is 0.136 e. The highest BCUT2D eigenvalue weighted by molar-refractivity contribution is 5.83. The average molecular weight is 182 g/mol. The number of Topliss-reactive ketones (excluding diaryl/α,β-unsaturated/α-hetero) is 1. The van der Waals surface area contributed by atoms with Gasteiger partial charge < -0.3 is 0 Å². The number of hydrogen-bond acceptors (Lipinski definition) is 1. The van der Waals surface area contributed by atoms with Crippen LogP contribution in [0.3, 0.4) is 0 Å². The minimum atomic E-state index is 0.293. The lowest BCUT2D eigenvalue weighted by molar-refractivity contribution is -0.123. The van der Waals surface area contributed by atoms with E-state index in [4.69, 9.17) is 0 Å². The third-order valence-corrected chi connectivity index (χ3v) is 3.34. The molecule has 0 aromatic rings. The first-order valence-corrected chi connectivity index (χ1v) is 5.36. The number of carbonyl (C=O) groups is 1. The standard InChI is InChI=1S/C12H22O/c1-8(2)11-9(12(3,4)5)6-7-10(11)13/h8-9,11H,6-7H2,1-5H3. The van der Waals surface area contributed by atoms with Gasteiger partial charge in [0.1, 0.15) is 5.78 Å². The highest BCUT2D eigenvalue weighted by Crippen LogP contribution is 2.44. The predicted molar refractivity (Wildman–Crippen MR) is 55.5 cm³/mol. The summed E-state index contributed by atoms with van der Waals surface area (Å²) in [6.07, 6.45) is 1.91. The third-order valence-electron chi connectivity index (χ3n) is 3.34. The Bertz CT molecular complexity index is 198. The Hall–Kier alpha value is -0.330. The fourth-order valence-corrected chi connectivity index (χ4v) is 2.68. The zero-order valence-electron chi connectivity index (χ0n) is 9.55. The molecule has 0 spiro atoms. The zero-order chi connectivity index (χ0) is 10.2. The molecule has 0 aromatic carbocycles. The van der Waals surface area contributed by atoms with Crippen LogP contribution in [0, 0.1) is 23.2 Å². The first-order valence-electron chi connectivity index (χ1n) is 5.36. The number of ketones is 1. The van der Waals surface area contributed by atoms with Gasteiger partial charge in [0.15, 0.2) is 0 Å². The van der Waals surface area contributed by atoms with Crippen molar-refractivity contribution < 1.29 is 4.79 Å². The molecule has 2 unspecified atom stereocenters. The molecule has 0 amide bonds. The lowest BCUT2D eigenvalue weighted by Crippen LogP contribution is -2.30. The second-order valence-corrected chi connectivity index (χ2v) is 5.75. The van der Waals surface area contributed by atoms with Crippen LogP contribution in [-0.4, -0.2) is 5.78 Å². The number of hydrogen-bond donors (Lipinski definition) is 0. The Morgan fingerprint density at radius 1 is 1.31 bits per heavy atom. The van der Waals surface area contributed by atoms with E-state index in [1.807, 2.05) is 0 Å². The molecule has 1 aliphatic carbocycles. The van der Waals surface area contributed by atoms with Gasteiger partial charge in [0.05, 0.1) is 0 Å². The largest absolute Gasteiger partial charge is 0.299 e. The monoisotopic (exact) mass is 182 g/mol. The van der Waals surface area contributed by atoms with E-state index in [1.165, 1.54) is 0 Å². The molecule has 0 heterocycles. The maximum atomic E-state index is 11.7. The minimum Gasteiger partial charge on any atom is -0.299 e. The minimum absolute atomic E-state index is 0.293. The maximum absolute atomic E-state index is 11.7. The summed E-state index contributed by atoms with van der Waals surface area (Å²) in [4.78, 5) is 11.7. The van der Waals surface area contributed by atoms with Crippen molar-refractivity contribution in [3.8, 4) is 0 Å². The van der Waals surface area contributed by atoms with E-state index in [0.29, 0.717) is 29.0 Å². The van der Waals surface area contributed by atoms with Crippen LogP contribution in [0.2, 0.25) is 0 Å². The molecule has 13 heavy (non-hydrogen) atoms. The van der Waals surface area contributed by atoms with Crippen molar-refractivity contribution in [3.05, 3.63) is 0 Å². The van der Waals surface area contributed by atoms with E-state index < -0.39 is 0 Å². The highest BCUT2D eigenvalue weighted by Gasteiger charge is 2.42. The van der Waals surface area contributed by atoms with Crippen LogP contribution in [0.5, 0.6) is 0 Å². The highest BCUT2D eigenvalue weighted by atomic mass is 16.1. The van der Waals surface area contributed by atoms with Crippen LogP contribution in [-0.2, 0) is 4.79 Å². The van der Waals surface area contributed by atoms with E-state index >= 15 is 0 Å². The molecule has 76 valence electrons. The van der Waals surface area contributed by atoms with Crippen molar-refractivity contribution in [1.82, 2.24) is 0 Å². The lowest BCUT2D eigenvalue weighted by Gasteiger charge is -2.33. The van der Waals surface area contributed by atoms with Crippen molar-refractivity contribution in [1.29, 1.82) is 0 Å². The first kappa shape index (κ1) is 10.7. The normalized spacial score (nSPS) is 30.2. The SMILES string of the molecule is CC(C)C1C(=O)CCC1C(C)(C)C. The van der Waals surface area contributed by atoms with Crippen molar-refractivity contribution in [2.75, 3.05) is 0 Å². The smallest absolute Gasteiger partial charge is 0.136 e. The summed E-state index contributed by atoms with van der Waals surface area (Å²) in [5, 5.41) is 0. The molecule has 0 aliphatic heterocycles. The Balaban J connectivity index is 2.82. The van der Waals surface area contributed by atoms with E-state index in [0.717, 1.165) is 12.8 Å². The van der Waals surface area contributed by atoms with Gasteiger partial charge in [0.2, 0.25) is 0 Å². The van der Waals surface area contributed by atoms with Crippen LogP contribution in [0.25, 0.3) is 0 Å². The number of rotatable bonds is 1. The molecule has 1 rings (SSSR count). The molecule has 1 aliphatic rings. The predicted octanol–water partition coefficient (Wildman–Crippen LogP) is 3.28. The van der Waals surface area contributed by atoms with E-state index in [1.54, 1.807) is 0 Å². The van der Waals surface area contributed by atoms with Gasteiger partial charge in [-0.25, -0.2) is 0 Å². The summed E-state index contributed by atoms with van der Waals surface area (Å²) >= 11 is 0. The lowest BCUT2D eigenvalue weighted by atomic mass is 9.71. The van der Waals surface area contributed by atoms with Gasteiger partial charge in [0, 0.05) is 12.3 Å². The molecule has 2 atom stereocenters. The molecule has 0 saturated heterocycles. The van der Waals surface area contributed by atoms with Gasteiger partial charge >= 0.3 is 0 Å². The summed E-state index contributed by atoms with van der Waals surface area (Å²) in [6.45, 7) is 11.1. The van der Waals surface area contributed by atoms with Gasteiger partial charge in [-0.05, 0) is 23.7 Å². The molecule has 1 saturated carbocycles. The fourth-order valence-electron chi connectivity index (χ4n) is 2.68. The second-order valence-electron chi connectivity index (χ2n) is 5.75. The summed E-state index contributed by atoms with van der Waals surface area (Å²) in [5.41, 5.74) is 0.293. The topological polar surface area (TPSA) is 17.1 Å². The molecular weight excluding hydrogens is 160 g/mol. The van der Waals surface area contributed by atoms with Crippen LogP contribution in [0.1, 0.15) is 47.5 Å².